The van der Waals surface area contributed by atoms with Crippen molar-refractivity contribution in [3.63, 3.8) is 0 Å². The molecule has 6 heteroatoms. The molecule has 1 heterocycles. The molecule has 0 aliphatic carbocycles. The Balaban J connectivity index is 2.28. The summed E-state index contributed by atoms with van der Waals surface area (Å²) in [5.74, 6) is 0. The highest BCUT2D eigenvalue weighted by Crippen LogP contribution is 2.45. The molecule has 1 aliphatic heterocycles. The second kappa shape index (κ2) is 7.04. The molecular weight excluding hydrogens is 245 g/mol. The van der Waals surface area contributed by atoms with Crippen molar-refractivity contribution in [2.24, 2.45) is 0 Å². The van der Waals surface area contributed by atoms with E-state index in [9.17, 15) is 0 Å². The van der Waals surface area contributed by atoms with E-state index >= 15 is 0 Å². The Bertz CT molecular complexity index is 246. The second-order valence-corrected chi connectivity index (χ2v) is 8.02. The number of hydrogen-bond acceptors (Lipinski definition) is 5. The smallest absolute Gasteiger partial charge is 0.185 e. The van der Waals surface area contributed by atoms with E-state index in [4.69, 9.17) is 25.6 Å². The minimum absolute atomic E-state index is 0.125. The summed E-state index contributed by atoms with van der Waals surface area (Å²) in [4.78, 5) is 2.34. The van der Waals surface area contributed by atoms with Gasteiger partial charge in [0.25, 0.3) is 0 Å². The lowest BCUT2D eigenvalue weighted by Gasteiger charge is -2.30. The van der Waals surface area contributed by atoms with E-state index in [-0.39, 0.29) is 6.10 Å². The Labute approximate surface area is 103 Å². The summed E-state index contributed by atoms with van der Waals surface area (Å²) in [6.07, 6.45) is 0.125. The molecule has 0 saturated carbocycles. The predicted molar refractivity (Wildman–Crippen MR) is 69.6 cm³/mol. The highest BCUT2D eigenvalue weighted by Gasteiger charge is 2.19. The first kappa shape index (κ1) is 14.6. The third kappa shape index (κ3) is 5.71. The fraction of sp³-hybridized carbons (Fsp3) is 1.00. The van der Waals surface area contributed by atoms with Crippen molar-refractivity contribution in [2.45, 2.75) is 20.0 Å². The van der Waals surface area contributed by atoms with Gasteiger partial charge >= 0.3 is 0 Å². The van der Waals surface area contributed by atoms with E-state index in [0.29, 0.717) is 6.61 Å². The predicted octanol–water partition coefficient (Wildman–Crippen LogP) is 1.70. The van der Waals surface area contributed by atoms with Crippen LogP contribution in [0.1, 0.15) is 13.8 Å². The number of ether oxygens (including phenoxy) is 1. The van der Waals surface area contributed by atoms with Gasteiger partial charge in [-0.3, -0.25) is 4.90 Å². The molecule has 0 aromatic carbocycles. The topological polar surface area (TPSA) is 30.9 Å². The number of rotatable bonds is 6. The van der Waals surface area contributed by atoms with Crippen molar-refractivity contribution >= 4 is 18.3 Å². The maximum absolute atomic E-state index is 5.80. The molecule has 1 rings (SSSR count). The zero-order valence-corrected chi connectivity index (χ0v) is 12.1. The van der Waals surface area contributed by atoms with Crippen molar-refractivity contribution in [1.29, 1.82) is 0 Å². The summed E-state index contributed by atoms with van der Waals surface area (Å²) >= 11 is 5.31. The van der Waals surface area contributed by atoms with Gasteiger partial charge in [0.15, 0.2) is 6.49 Å². The van der Waals surface area contributed by atoms with E-state index in [1.807, 2.05) is 13.6 Å². The SMILES string of the molecule is CCO[P@@](C)(=S)O[C@H](C)CN1CCOCC1. The highest BCUT2D eigenvalue weighted by atomic mass is 32.5. The minimum Gasteiger partial charge on any atom is -0.379 e. The van der Waals surface area contributed by atoms with Crippen LogP contribution < -0.4 is 0 Å². The third-order valence-electron chi connectivity index (χ3n) is 2.35. The van der Waals surface area contributed by atoms with Crippen LogP contribution in [0.4, 0.5) is 0 Å². The summed E-state index contributed by atoms with van der Waals surface area (Å²) < 4.78 is 16.6. The molecule has 0 N–H and O–H groups in total. The van der Waals surface area contributed by atoms with E-state index in [0.717, 1.165) is 32.8 Å². The average Bonchev–Trinajstić information content (AvgIpc) is 2.17. The van der Waals surface area contributed by atoms with Crippen molar-refractivity contribution in [2.75, 3.05) is 46.1 Å². The van der Waals surface area contributed by atoms with Crippen LogP contribution in [0, 0.1) is 0 Å². The van der Waals surface area contributed by atoms with Crippen LogP contribution >= 0.6 is 6.49 Å². The molecule has 4 nitrogen and oxygen atoms in total. The molecule has 1 saturated heterocycles. The molecule has 0 unspecified atom stereocenters. The van der Waals surface area contributed by atoms with Crippen molar-refractivity contribution in [1.82, 2.24) is 4.90 Å². The van der Waals surface area contributed by atoms with Crippen LogP contribution in [0.3, 0.4) is 0 Å². The van der Waals surface area contributed by atoms with Crippen LogP contribution in [0.15, 0.2) is 0 Å². The first-order chi connectivity index (χ1) is 7.53. The number of hydrogen-bond donors (Lipinski definition) is 0. The lowest BCUT2D eigenvalue weighted by molar-refractivity contribution is 0.0215. The Hall–Kier alpha value is 0.490. The molecule has 0 radical (unpaired) electrons. The van der Waals surface area contributed by atoms with Crippen molar-refractivity contribution in [3.05, 3.63) is 0 Å². The van der Waals surface area contributed by atoms with Gasteiger partial charge in [0.05, 0.1) is 25.9 Å². The third-order valence-corrected chi connectivity index (χ3v) is 4.40. The monoisotopic (exact) mass is 267 g/mol. The molecule has 1 aliphatic rings. The molecule has 1 fully saturated rings. The van der Waals surface area contributed by atoms with E-state index in [1.165, 1.54) is 0 Å². The minimum atomic E-state index is -2.04. The molecule has 2 atom stereocenters. The quantitative estimate of drug-likeness (QED) is 0.684. The van der Waals surface area contributed by atoms with Crippen LogP contribution in [-0.4, -0.2) is 57.1 Å². The molecule has 0 aromatic rings. The van der Waals surface area contributed by atoms with Gasteiger partial charge in [0.2, 0.25) is 0 Å². The summed E-state index contributed by atoms with van der Waals surface area (Å²) in [7, 11) is 0. The fourth-order valence-electron chi connectivity index (χ4n) is 1.77. The van der Waals surface area contributed by atoms with Gasteiger partial charge in [-0.15, -0.1) is 0 Å². The molecule has 0 aromatic heterocycles. The van der Waals surface area contributed by atoms with E-state index in [1.54, 1.807) is 0 Å². The lowest BCUT2D eigenvalue weighted by Crippen LogP contribution is -2.40. The Morgan fingerprint density at radius 3 is 2.62 bits per heavy atom. The normalized spacial score (nSPS) is 23.9. The standard InChI is InChI=1S/C10H22NO3PS/c1-4-13-15(3,16)14-10(2)9-11-5-7-12-8-6-11/h10H,4-9H2,1-3H3/t10-,15-/m1/s1. The molecule has 16 heavy (non-hydrogen) atoms. The van der Waals surface area contributed by atoms with Gasteiger partial charge in [-0.25, -0.2) is 0 Å². The van der Waals surface area contributed by atoms with Gasteiger partial charge < -0.3 is 13.8 Å². The Kier molecular flexibility index (Phi) is 6.40. The zero-order chi connectivity index (χ0) is 12.0. The highest BCUT2D eigenvalue weighted by molar-refractivity contribution is 8.09. The van der Waals surface area contributed by atoms with Gasteiger partial charge in [0, 0.05) is 26.3 Å². The lowest BCUT2D eigenvalue weighted by atomic mass is 10.3. The Morgan fingerprint density at radius 1 is 1.44 bits per heavy atom. The first-order valence-corrected chi connectivity index (χ1v) is 8.82. The average molecular weight is 267 g/mol. The van der Waals surface area contributed by atoms with E-state index < -0.39 is 6.49 Å². The summed E-state index contributed by atoms with van der Waals surface area (Å²) in [6, 6.07) is 0. The maximum atomic E-state index is 5.80. The first-order valence-electron chi connectivity index (χ1n) is 5.74. The van der Waals surface area contributed by atoms with Gasteiger partial charge in [0.1, 0.15) is 0 Å². The zero-order valence-electron chi connectivity index (χ0n) is 10.3. The summed E-state index contributed by atoms with van der Waals surface area (Å²) in [6.45, 7) is 8.98. The van der Waals surface area contributed by atoms with Crippen molar-refractivity contribution in [3.8, 4) is 0 Å². The summed E-state index contributed by atoms with van der Waals surface area (Å²) in [5.41, 5.74) is 0. The van der Waals surface area contributed by atoms with Gasteiger partial charge in [-0.2, -0.15) is 0 Å². The molecular formula is C10H22NO3PS. The molecule has 96 valence electrons. The van der Waals surface area contributed by atoms with Gasteiger partial charge in [-0.05, 0) is 25.7 Å². The molecule has 0 bridgehead atoms. The number of morpholine rings is 1. The van der Waals surface area contributed by atoms with Crippen molar-refractivity contribution < 1.29 is 13.8 Å². The largest absolute Gasteiger partial charge is 0.379 e. The molecule has 0 spiro atoms. The van der Waals surface area contributed by atoms with E-state index in [2.05, 4.69) is 11.8 Å². The second-order valence-electron chi connectivity index (χ2n) is 4.02. The summed E-state index contributed by atoms with van der Waals surface area (Å²) in [5, 5.41) is 0. The fourth-order valence-corrected chi connectivity index (χ4v) is 3.78. The Morgan fingerprint density at radius 2 is 2.06 bits per heavy atom. The van der Waals surface area contributed by atoms with Crippen LogP contribution in [0.2, 0.25) is 0 Å². The van der Waals surface area contributed by atoms with Gasteiger partial charge in [-0.1, -0.05) is 0 Å². The van der Waals surface area contributed by atoms with Crippen LogP contribution in [0.25, 0.3) is 0 Å². The van der Waals surface area contributed by atoms with Crippen LogP contribution in [-0.2, 0) is 25.6 Å². The molecule has 0 amide bonds. The number of nitrogens with zero attached hydrogens (tertiary/aromatic N) is 1. The maximum Gasteiger partial charge on any atom is 0.185 e. The van der Waals surface area contributed by atoms with Crippen LogP contribution in [0.5, 0.6) is 0 Å².